The number of nitrogens with zero attached hydrogens (tertiary/aromatic N) is 1. The molecule has 7 heteroatoms. The summed E-state index contributed by atoms with van der Waals surface area (Å²) in [5.74, 6) is -0.707. The number of rotatable bonds is 10. The average Bonchev–Trinajstić information content (AvgIpc) is 2.74. The highest BCUT2D eigenvalue weighted by molar-refractivity contribution is 5.93. The quantitative estimate of drug-likeness (QED) is 0.386. The summed E-state index contributed by atoms with van der Waals surface area (Å²) in [4.78, 5) is 42.8. The third-order valence-corrected chi connectivity index (χ3v) is 6.46. The maximum absolute atomic E-state index is 14.4. The summed E-state index contributed by atoms with van der Waals surface area (Å²) < 4.78 is 5.49. The van der Waals surface area contributed by atoms with Crippen molar-refractivity contribution in [2.24, 2.45) is 5.92 Å². The molecule has 0 aromatic heterocycles. The molecule has 0 bridgehead atoms. The molecule has 0 heterocycles. The number of aryl methyl sites for hydroxylation is 2. The van der Waals surface area contributed by atoms with E-state index in [1.165, 1.54) is 0 Å². The highest BCUT2D eigenvalue weighted by Gasteiger charge is 2.43. The topological polar surface area (TPSA) is 87.7 Å². The monoisotopic (exact) mass is 517 g/mol. The number of amides is 3. The van der Waals surface area contributed by atoms with E-state index < -0.39 is 29.3 Å². The van der Waals surface area contributed by atoms with Gasteiger partial charge in [0.05, 0.1) is 0 Å². The van der Waals surface area contributed by atoms with Crippen LogP contribution in [0.15, 0.2) is 18.2 Å². The first-order valence-electron chi connectivity index (χ1n) is 13.6. The van der Waals surface area contributed by atoms with E-state index in [0.29, 0.717) is 6.42 Å². The minimum Gasteiger partial charge on any atom is -0.444 e. The van der Waals surface area contributed by atoms with Gasteiger partial charge in [0.1, 0.15) is 17.7 Å². The Kier molecular flexibility index (Phi) is 11.7. The van der Waals surface area contributed by atoms with Gasteiger partial charge < -0.3 is 20.3 Å². The first-order valence-corrected chi connectivity index (χ1v) is 13.6. The van der Waals surface area contributed by atoms with Crippen molar-refractivity contribution in [1.82, 2.24) is 15.5 Å². The van der Waals surface area contributed by atoms with Gasteiger partial charge in [0.15, 0.2) is 0 Å². The molecule has 210 valence electrons. The van der Waals surface area contributed by atoms with Crippen molar-refractivity contribution < 1.29 is 19.1 Å². The van der Waals surface area contributed by atoms with Crippen molar-refractivity contribution in [3.05, 3.63) is 34.9 Å². The third kappa shape index (κ3) is 9.67. The van der Waals surface area contributed by atoms with Crippen molar-refractivity contribution in [3.63, 3.8) is 0 Å². The molecule has 4 atom stereocenters. The van der Waals surface area contributed by atoms with Crippen molar-refractivity contribution in [2.45, 2.75) is 132 Å². The summed E-state index contributed by atoms with van der Waals surface area (Å²) in [5.41, 5.74) is 1.30. The van der Waals surface area contributed by atoms with E-state index in [9.17, 15) is 14.4 Å². The average molecular weight is 518 g/mol. The van der Waals surface area contributed by atoms with Gasteiger partial charge in [0, 0.05) is 11.6 Å². The van der Waals surface area contributed by atoms with Crippen LogP contribution >= 0.6 is 0 Å². The smallest absolute Gasteiger partial charge is 0.408 e. The third-order valence-electron chi connectivity index (χ3n) is 6.46. The number of benzene rings is 1. The Hall–Kier alpha value is -2.57. The Morgan fingerprint density at radius 1 is 0.973 bits per heavy atom. The predicted octanol–water partition coefficient (Wildman–Crippen LogP) is 6.22. The summed E-state index contributed by atoms with van der Waals surface area (Å²) in [6, 6.07) is 4.22. The normalized spacial score (nSPS) is 15.2. The SMILES string of the molecule is CCCC(C)NC(=O)C(c1cc(C)ccc1C)N(C(=O)C(NC(=O)OC(C)(C)C)C(C)CC)C(C)(C)C. The van der Waals surface area contributed by atoms with Gasteiger partial charge in [-0.15, -0.1) is 0 Å². The fourth-order valence-electron chi connectivity index (χ4n) is 4.39. The number of hydrogen-bond donors (Lipinski definition) is 2. The Balaban J connectivity index is 3.69. The van der Waals surface area contributed by atoms with Crippen LogP contribution in [0.5, 0.6) is 0 Å². The minimum absolute atomic E-state index is 0.0349. The Labute approximate surface area is 225 Å². The highest BCUT2D eigenvalue weighted by atomic mass is 16.6. The highest BCUT2D eigenvalue weighted by Crippen LogP contribution is 2.33. The molecule has 1 aromatic carbocycles. The molecule has 3 amide bonds. The molecule has 1 aromatic rings. The lowest BCUT2D eigenvalue weighted by Gasteiger charge is -2.44. The van der Waals surface area contributed by atoms with E-state index >= 15 is 0 Å². The first-order chi connectivity index (χ1) is 16.9. The Bertz CT molecular complexity index is 930. The largest absolute Gasteiger partial charge is 0.444 e. The maximum atomic E-state index is 14.4. The van der Waals surface area contributed by atoms with Gasteiger partial charge in [-0.25, -0.2) is 4.79 Å². The molecule has 0 radical (unpaired) electrons. The lowest BCUT2D eigenvalue weighted by Crippen LogP contribution is -2.60. The van der Waals surface area contributed by atoms with Crippen LogP contribution in [0, 0.1) is 19.8 Å². The molecular weight excluding hydrogens is 466 g/mol. The molecule has 0 aliphatic carbocycles. The van der Waals surface area contributed by atoms with Gasteiger partial charge in [-0.05, 0) is 85.8 Å². The molecule has 37 heavy (non-hydrogen) atoms. The summed E-state index contributed by atoms with van der Waals surface area (Å²) in [7, 11) is 0. The van der Waals surface area contributed by atoms with Crippen LogP contribution in [0.25, 0.3) is 0 Å². The van der Waals surface area contributed by atoms with Crippen LogP contribution in [0.1, 0.15) is 111 Å². The molecule has 1 rings (SSSR count). The number of ether oxygens (including phenoxy) is 1. The van der Waals surface area contributed by atoms with E-state index in [1.807, 2.05) is 73.6 Å². The van der Waals surface area contributed by atoms with Gasteiger partial charge in [0.25, 0.3) is 0 Å². The van der Waals surface area contributed by atoms with E-state index in [0.717, 1.165) is 29.5 Å². The van der Waals surface area contributed by atoms with E-state index in [4.69, 9.17) is 4.74 Å². The number of carbonyl (C=O) groups excluding carboxylic acids is 3. The van der Waals surface area contributed by atoms with Crippen LogP contribution in [-0.4, -0.2) is 46.0 Å². The lowest BCUT2D eigenvalue weighted by molar-refractivity contribution is -0.149. The Morgan fingerprint density at radius 2 is 1.57 bits per heavy atom. The van der Waals surface area contributed by atoms with E-state index in [2.05, 4.69) is 17.6 Å². The van der Waals surface area contributed by atoms with E-state index in [1.54, 1.807) is 25.7 Å². The maximum Gasteiger partial charge on any atom is 0.408 e. The molecular formula is C30H51N3O4. The molecule has 4 unspecified atom stereocenters. The van der Waals surface area contributed by atoms with Crippen molar-refractivity contribution in [2.75, 3.05) is 0 Å². The standard InChI is InChI=1S/C30H51N3O4/c1-13-15-22(6)31-26(34)25(23-18-19(3)16-17-21(23)5)33(29(7,8)9)27(35)24(20(4)14-2)32-28(36)37-30(10,11)12/h16-18,20,22,24-25H,13-15H2,1-12H3,(H,31,34)(H,32,36). The van der Waals surface area contributed by atoms with Crippen molar-refractivity contribution in [1.29, 1.82) is 0 Å². The van der Waals surface area contributed by atoms with Gasteiger partial charge in [-0.3, -0.25) is 9.59 Å². The molecule has 0 aliphatic heterocycles. The molecule has 0 saturated heterocycles. The first kappa shape index (κ1) is 32.5. The van der Waals surface area contributed by atoms with Gasteiger partial charge in [-0.1, -0.05) is 57.4 Å². The summed E-state index contributed by atoms with van der Waals surface area (Å²) in [5, 5.41) is 5.97. The zero-order valence-corrected chi connectivity index (χ0v) is 25.2. The van der Waals surface area contributed by atoms with Gasteiger partial charge >= 0.3 is 6.09 Å². The van der Waals surface area contributed by atoms with Crippen molar-refractivity contribution >= 4 is 17.9 Å². The second-order valence-corrected chi connectivity index (χ2v) is 12.3. The zero-order valence-electron chi connectivity index (χ0n) is 25.2. The summed E-state index contributed by atoms with van der Waals surface area (Å²) in [6.45, 7) is 23.0. The van der Waals surface area contributed by atoms with E-state index in [-0.39, 0.29) is 23.8 Å². The van der Waals surface area contributed by atoms with Crippen LogP contribution in [0.3, 0.4) is 0 Å². The molecule has 2 N–H and O–H groups in total. The summed E-state index contributed by atoms with van der Waals surface area (Å²) >= 11 is 0. The number of hydrogen-bond acceptors (Lipinski definition) is 4. The Morgan fingerprint density at radius 3 is 2.05 bits per heavy atom. The molecule has 0 spiro atoms. The van der Waals surface area contributed by atoms with Crippen LogP contribution in [0.2, 0.25) is 0 Å². The fraction of sp³-hybridized carbons (Fsp3) is 0.700. The van der Waals surface area contributed by atoms with Gasteiger partial charge in [0.2, 0.25) is 11.8 Å². The second kappa shape index (κ2) is 13.3. The number of alkyl carbamates (subject to hydrolysis) is 1. The molecule has 0 aliphatic rings. The number of carbonyl (C=O) groups is 3. The molecule has 0 fully saturated rings. The second-order valence-electron chi connectivity index (χ2n) is 12.3. The number of nitrogens with one attached hydrogen (secondary N) is 2. The molecule has 0 saturated carbocycles. The predicted molar refractivity (Wildman–Crippen MR) is 150 cm³/mol. The summed E-state index contributed by atoms with van der Waals surface area (Å²) in [6.07, 6.45) is 1.79. The lowest BCUT2D eigenvalue weighted by atomic mass is 9.89. The van der Waals surface area contributed by atoms with Crippen LogP contribution in [0.4, 0.5) is 4.79 Å². The van der Waals surface area contributed by atoms with Crippen LogP contribution < -0.4 is 10.6 Å². The van der Waals surface area contributed by atoms with Gasteiger partial charge in [-0.2, -0.15) is 0 Å². The minimum atomic E-state index is -0.862. The zero-order chi connectivity index (χ0) is 28.7. The molecule has 7 nitrogen and oxygen atoms in total. The van der Waals surface area contributed by atoms with Crippen LogP contribution in [-0.2, 0) is 14.3 Å². The van der Waals surface area contributed by atoms with Crippen molar-refractivity contribution in [3.8, 4) is 0 Å². The fourth-order valence-corrected chi connectivity index (χ4v) is 4.39.